The minimum atomic E-state index is -0.591. The molecular weight excluding hydrogens is 276 g/mol. The summed E-state index contributed by atoms with van der Waals surface area (Å²) >= 11 is 5.33. The van der Waals surface area contributed by atoms with Crippen molar-refractivity contribution in [1.29, 1.82) is 0 Å². The third-order valence-electron chi connectivity index (χ3n) is 3.07. The zero-order chi connectivity index (χ0) is 14.7. The Bertz CT molecular complexity index is 690. The largest absolute Gasteiger partial charge is 0.288 e. The SMILES string of the molecule is CCc1ccc(-n2nc(CC(=O)Cl)c(=O)cc2C)cc1. The zero-order valence-corrected chi connectivity index (χ0v) is 12.1. The van der Waals surface area contributed by atoms with Crippen molar-refractivity contribution in [3.05, 3.63) is 57.5 Å². The summed E-state index contributed by atoms with van der Waals surface area (Å²) in [5, 5.41) is 3.65. The number of hydrogen-bond donors (Lipinski definition) is 0. The monoisotopic (exact) mass is 290 g/mol. The van der Waals surface area contributed by atoms with E-state index in [0.717, 1.165) is 12.1 Å². The Morgan fingerprint density at radius 2 is 1.95 bits per heavy atom. The van der Waals surface area contributed by atoms with Crippen molar-refractivity contribution in [3.8, 4) is 5.69 Å². The van der Waals surface area contributed by atoms with Gasteiger partial charge in [-0.2, -0.15) is 5.10 Å². The molecule has 20 heavy (non-hydrogen) atoms. The fourth-order valence-electron chi connectivity index (χ4n) is 1.97. The minimum absolute atomic E-state index is 0.159. The molecule has 104 valence electrons. The molecule has 4 nitrogen and oxygen atoms in total. The number of carbonyl (C=O) groups is 1. The van der Waals surface area contributed by atoms with Gasteiger partial charge in [0.1, 0.15) is 5.69 Å². The minimum Gasteiger partial charge on any atom is -0.288 e. The van der Waals surface area contributed by atoms with Crippen LogP contribution < -0.4 is 5.43 Å². The van der Waals surface area contributed by atoms with E-state index in [0.29, 0.717) is 5.69 Å². The third-order valence-corrected chi connectivity index (χ3v) is 3.21. The van der Waals surface area contributed by atoms with E-state index in [2.05, 4.69) is 12.0 Å². The number of halogens is 1. The van der Waals surface area contributed by atoms with Crippen LogP contribution in [0.5, 0.6) is 0 Å². The van der Waals surface area contributed by atoms with Gasteiger partial charge in [-0.25, -0.2) is 4.68 Å². The quantitative estimate of drug-likeness (QED) is 0.813. The molecule has 0 spiro atoms. The van der Waals surface area contributed by atoms with Crippen LogP contribution in [-0.4, -0.2) is 15.0 Å². The van der Waals surface area contributed by atoms with Crippen molar-refractivity contribution in [1.82, 2.24) is 9.78 Å². The second-order valence-electron chi connectivity index (χ2n) is 4.56. The van der Waals surface area contributed by atoms with Gasteiger partial charge in [0.05, 0.1) is 12.1 Å². The standard InChI is InChI=1S/C15H15ClN2O2/c1-3-11-4-6-12(7-5-11)18-10(2)8-14(19)13(17-18)9-15(16)20/h4-8H,3,9H2,1-2H3. The maximum atomic E-state index is 11.8. The van der Waals surface area contributed by atoms with Crippen LogP contribution in [-0.2, 0) is 17.6 Å². The van der Waals surface area contributed by atoms with Crippen molar-refractivity contribution >= 4 is 16.8 Å². The molecule has 1 heterocycles. The molecule has 0 aliphatic rings. The maximum Gasteiger partial charge on any atom is 0.227 e. The van der Waals surface area contributed by atoms with Gasteiger partial charge in [-0.15, -0.1) is 0 Å². The molecule has 0 bridgehead atoms. The lowest BCUT2D eigenvalue weighted by Gasteiger charge is -2.11. The van der Waals surface area contributed by atoms with Gasteiger partial charge < -0.3 is 0 Å². The van der Waals surface area contributed by atoms with E-state index >= 15 is 0 Å². The van der Waals surface area contributed by atoms with Gasteiger partial charge in [0.15, 0.2) is 0 Å². The average Bonchev–Trinajstić information content (AvgIpc) is 2.41. The first-order valence-electron chi connectivity index (χ1n) is 6.38. The summed E-state index contributed by atoms with van der Waals surface area (Å²) in [6, 6.07) is 9.38. The summed E-state index contributed by atoms with van der Waals surface area (Å²) in [6.45, 7) is 3.89. The normalized spacial score (nSPS) is 10.6. The Morgan fingerprint density at radius 1 is 1.30 bits per heavy atom. The summed E-state index contributed by atoms with van der Waals surface area (Å²) in [6.07, 6.45) is 0.802. The van der Waals surface area contributed by atoms with E-state index < -0.39 is 5.24 Å². The molecule has 2 rings (SSSR count). The topological polar surface area (TPSA) is 52.0 Å². The van der Waals surface area contributed by atoms with Gasteiger partial charge in [-0.1, -0.05) is 19.1 Å². The zero-order valence-electron chi connectivity index (χ0n) is 11.4. The highest BCUT2D eigenvalue weighted by Crippen LogP contribution is 2.11. The Kier molecular flexibility index (Phi) is 4.35. The number of aryl methyl sites for hydroxylation is 2. The number of nitrogens with zero attached hydrogens (tertiary/aromatic N) is 2. The molecule has 0 saturated carbocycles. The van der Waals surface area contributed by atoms with Gasteiger partial charge in [0.2, 0.25) is 10.7 Å². The second-order valence-corrected chi connectivity index (χ2v) is 4.98. The number of carbonyl (C=O) groups excluding carboxylic acids is 1. The number of benzene rings is 1. The summed E-state index contributed by atoms with van der Waals surface area (Å²) in [5.41, 5.74) is 2.68. The molecule has 0 aliphatic heterocycles. The van der Waals surface area contributed by atoms with Crippen molar-refractivity contribution in [2.75, 3.05) is 0 Å². The smallest absolute Gasteiger partial charge is 0.227 e. The molecule has 0 radical (unpaired) electrons. The van der Waals surface area contributed by atoms with Gasteiger partial charge >= 0.3 is 0 Å². The molecule has 5 heteroatoms. The summed E-state index contributed by atoms with van der Waals surface area (Å²) in [7, 11) is 0. The van der Waals surface area contributed by atoms with Crippen LogP contribution in [0.25, 0.3) is 5.69 Å². The lowest BCUT2D eigenvalue weighted by atomic mass is 10.1. The predicted octanol–water partition coefficient (Wildman–Crippen LogP) is 2.41. The molecule has 1 aromatic carbocycles. The average molecular weight is 291 g/mol. The lowest BCUT2D eigenvalue weighted by molar-refractivity contribution is -0.111. The van der Waals surface area contributed by atoms with E-state index in [9.17, 15) is 9.59 Å². The number of aromatic nitrogens is 2. The Labute approximate surface area is 122 Å². The van der Waals surface area contributed by atoms with Crippen molar-refractivity contribution in [2.45, 2.75) is 26.7 Å². The molecule has 0 amide bonds. The van der Waals surface area contributed by atoms with Crippen LogP contribution in [0.4, 0.5) is 0 Å². The highest BCUT2D eigenvalue weighted by molar-refractivity contribution is 6.63. The van der Waals surface area contributed by atoms with Crippen molar-refractivity contribution in [3.63, 3.8) is 0 Å². The van der Waals surface area contributed by atoms with E-state index in [-0.39, 0.29) is 17.5 Å². The Morgan fingerprint density at radius 3 is 2.50 bits per heavy atom. The summed E-state index contributed by atoms with van der Waals surface area (Å²) in [5.74, 6) is 0. The van der Waals surface area contributed by atoms with E-state index in [1.165, 1.54) is 11.6 Å². The van der Waals surface area contributed by atoms with Crippen LogP contribution in [0.2, 0.25) is 0 Å². The highest BCUT2D eigenvalue weighted by Gasteiger charge is 2.10. The fraction of sp³-hybridized carbons (Fsp3) is 0.267. The van der Waals surface area contributed by atoms with E-state index in [4.69, 9.17) is 11.6 Å². The van der Waals surface area contributed by atoms with Gasteiger partial charge in [-0.3, -0.25) is 9.59 Å². The number of rotatable bonds is 4. The van der Waals surface area contributed by atoms with Crippen LogP contribution in [0, 0.1) is 6.92 Å². The first-order valence-corrected chi connectivity index (χ1v) is 6.76. The first-order chi connectivity index (χ1) is 9.51. The summed E-state index contributed by atoms with van der Waals surface area (Å²) in [4.78, 5) is 22.7. The predicted molar refractivity (Wildman–Crippen MR) is 78.5 cm³/mol. The van der Waals surface area contributed by atoms with Crippen LogP contribution in [0.15, 0.2) is 35.1 Å². The lowest BCUT2D eigenvalue weighted by Crippen LogP contribution is -2.20. The molecule has 0 unspecified atom stereocenters. The Balaban J connectivity index is 2.49. The molecule has 0 aliphatic carbocycles. The van der Waals surface area contributed by atoms with Gasteiger partial charge in [0, 0.05) is 11.8 Å². The molecule has 0 atom stereocenters. The van der Waals surface area contributed by atoms with Crippen molar-refractivity contribution < 1.29 is 4.79 Å². The van der Waals surface area contributed by atoms with E-state index in [1.54, 1.807) is 11.6 Å². The first kappa shape index (κ1) is 14.5. The molecule has 0 fully saturated rings. The third kappa shape index (κ3) is 3.14. The second kappa shape index (κ2) is 6.01. The van der Waals surface area contributed by atoms with Crippen LogP contribution in [0.1, 0.15) is 23.9 Å². The van der Waals surface area contributed by atoms with Crippen LogP contribution in [0.3, 0.4) is 0 Å². The highest BCUT2D eigenvalue weighted by atomic mass is 35.5. The fourth-order valence-corrected chi connectivity index (χ4v) is 2.10. The summed E-state index contributed by atoms with van der Waals surface area (Å²) < 4.78 is 1.65. The Hall–Kier alpha value is -1.94. The van der Waals surface area contributed by atoms with Crippen LogP contribution >= 0.6 is 11.6 Å². The maximum absolute atomic E-state index is 11.8. The van der Waals surface area contributed by atoms with E-state index in [1.807, 2.05) is 24.3 Å². The molecule has 0 saturated heterocycles. The van der Waals surface area contributed by atoms with Gasteiger partial charge in [0.25, 0.3) is 0 Å². The molecule has 1 aromatic heterocycles. The molecular formula is C15H15ClN2O2. The van der Waals surface area contributed by atoms with Crippen molar-refractivity contribution in [2.24, 2.45) is 0 Å². The van der Waals surface area contributed by atoms with Gasteiger partial charge in [-0.05, 0) is 42.6 Å². The molecule has 2 aromatic rings. The number of hydrogen-bond acceptors (Lipinski definition) is 3. The molecule has 0 N–H and O–H groups in total.